The van der Waals surface area contributed by atoms with Gasteiger partial charge in [-0.3, -0.25) is 4.79 Å². The molecule has 0 fully saturated rings. The maximum absolute atomic E-state index is 12.5. The van der Waals surface area contributed by atoms with Crippen LogP contribution in [0.2, 0.25) is 0 Å². The molecule has 1 rings (SSSR count). The van der Waals surface area contributed by atoms with Gasteiger partial charge < -0.3 is 38.9 Å². The van der Waals surface area contributed by atoms with Crippen molar-refractivity contribution < 1.29 is 52.3 Å². The molecule has 12 heteroatoms. The van der Waals surface area contributed by atoms with Crippen molar-refractivity contribution in [3.05, 3.63) is 23.8 Å². The first-order valence-corrected chi connectivity index (χ1v) is 12.7. The van der Waals surface area contributed by atoms with E-state index >= 15 is 0 Å². The van der Waals surface area contributed by atoms with Crippen LogP contribution >= 0.6 is 0 Å². The fourth-order valence-electron chi connectivity index (χ4n) is 2.78. The number of rotatable bonds is 15. The second-order valence-electron chi connectivity index (χ2n) is 8.35. The molecule has 0 aliphatic carbocycles. The lowest BCUT2D eigenvalue weighted by Crippen LogP contribution is -2.39. The van der Waals surface area contributed by atoms with Crippen molar-refractivity contribution in [3.8, 4) is 11.5 Å². The van der Waals surface area contributed by atoms with Crippen LogP contribution in [0.4, 0.5) is 14.4 Å². The van der Waals surface area contributed by atoms with Crippen LogP contribution in [0.25, 0.3) is 0 Å². The minimum Gasteiger partial charge on any atom is -0.458 e. The third kappa shape index (κ3) is 12.6. The Labute approximate surface area is 223 Å². The van der Waals surface area contributed by atoms with Gasteiger partial charge in [0.15, 0.2) is 11.5 Å². The van der Waals surface area contributed by atoms with Gasteiger partial charge >= 0.3 is 24.4 Å². The zero-order valence-corrected chi connectivity index (χ0v) is 22.7. The first-order valence-electron chi connectivity index (χ1n) is 12.7. The lowest BCUT2D eigenvalue weighted by Gasteiger charge is -2.22. The number of hydrogen-bond donors (Lipinski definition) is 1. The number of benzene rings is 1. The Balaban J connectivity index is 2.89. The van der Waals surface area contributed by atoms with Gasteiger partial charge in [-0.1, -0.05) is 32.8 Å². The van der Waals surface area contributed by atoms with E-state index < -0.39 is 42.7 Å². The molecule has 3 atom stereocenters. The molecule has 0 saturated carbocycles. The Hall–Kier alpha value is -3.54. The van der Waals surface area contributed by atoms with E-state index in [2.05, 4.69) is 0 Å². The molecule has 214 valence electrons. The van der Waals surface area contributed by atoms with Crippen molar-refractivity contribution >= 4 is 24.4 Å². The molecular weight excluding hydrogens is 502 g/mol. The molecule has 0 bridgehead atoms. The molecule has 0 aromatic heterocycles. The average molecular weight is 542 g/mol. The maximum atomic E-state index is 12.5. The Morgan fingerprint density at radius 2 is 1.32 bits per heavy atom. The smallest absolute Gasteiger partial charge is 0.458 e. The normalized spacial score (nSPS) is 12.9. The first kappa shape index (κ1) is 32.5. The van der Waals surface area contributed by atoms with Crippen LogP contribution in [0.5, 0.6) is 11.5 Å². The van der Waals surface area contributed by atoms with Gasteiger partial charge in [0.1, 0.15) is 18.2 Å². The fourth-order valence-corrected chi connectivity index (χ4v) is 2.78. The standard InChI is InChI=1S/C26H39NO11/c1-6-9-13-33-25(30)37-21-12-11-19(16-22(21)38-26(31)34-14-10-7-2)15-20(27)23(28)35-17(4)18(5)36-24(29)32-8-3/h11-12,16-18,20H,6-10,13-15,27H2,1-5H3/t17-,18-,20-/m0/s1. The number of carbonyl (C=O) groups excluding carboxylic acids is 4. The summed E-state index contributed by atoms with van der Waals surface area (Å²) in [6.07, 6.45) is -1.38. The first-order chi connectivity index (χ1) is 18.1. The molecule has 0 aliphatic rings. The number of unbranched alkanes of at least 4 members (excludes halogenated alkanes) is 2. The number of hydrogen-bond acceptors (Lipinski definition) is 12. The average Bonchev–Trinajstić information content (AvgIpc) is 2.85. The third-order valence-electron chi connectivity index (χ3n) is 5.10. The lowest BCUT2D eigenvalue weighted by molar-refractivity contribution is -0.155. The van der Waals surface area contributed by atoms with Crippen molar-refractivity contribution in [2.75, 3.05) is 19.8 Å². The molecule has 0 amide bonds. The number of ether oxygens (including phenoxy) is 7. The minimum atomic E-state index is -1.10. The molecule has 0 saturated heterocycles. The van der Waals surface area contributed by atoms with Crippen molar-refractivity contribution in [2.24, 2.45) is 5.73 Å². The van der Waals surface area contributed by atoms with Crippen LogP contribution < -0.4 is 15.2 Å². The molecule has 0 radical (unpaired) electrons. The van der Waals surface area contributed by atoms with Gasteiger partial charge in [0, 0.05) is 0 Å². The zero-order valence-electron chi connectivity index (χ0n) is 22.7. The van der Waals surface area contributed by atoms with Crippen LogP contribution in [0.3, 0.4) is 0 Å². The highest BCUT2D eigenvalue weighted by Gasteiger charge is 2.25. The SMILES string of the molecule is CCCCOC(=O)Oc1ccc(C[C@H](N)C(=O)O[C@@H](C)[C@H](C)OC(=O)OCC)cc1OC(=O)OCCCC. The minimum absolute atomic E-state index is 0.00113. The summed E-state index contributed by atoms with van der Waals surface area (Å²) in [5, 5.41) is 0. The fraction of sp³-hybridized carbons (Fsp3) is 0.615. The predicted molar refractivity (Wildman–Crippen MR) is 135 cm³/mol. The van der Waals surface area contributed by atoms with E-state index in [1.807, 2.05) is 13.8 Å². The van der Waals surface area contributed by atoms with Crippen LogP contribution in [0, 0.1) is 0 Å². The van der Waals surface area contributed by atoms with Gasteiger partial charge in [0.2, 0.25) is 0 Å². The zero-order chi connectivity index (χ0) is 28.5. The summed E-state index contributed by atoms with van der Waals surface area (Å²) in [6, 6.07) is 3.25. The Bertz CT molecular complexity index is 905. The second kappa shape index (κ2) is 17.8. The van der Waals surface area contributed by atoms with Crippen molar-refractivity contribution in [2.45, 2.75) is 85.0 Å². The molecule has 0 unspecified atom stereocenters. The Morgan fingerprint density at radius 3 is 1.87 bits per heavy atom. The molecule has 0 heterocycles. The summed E-state index contributed by atoms with van der Waals surface area (Å²) in [5.74, 6) is -0.919. The lowest BCUT2D eigenvalue weighted by atomic mass is 10.1. The maximum Gasteiger partial charge on any atom is 0.513 e. The summed E-state index contributed by atoms with van der Waals surface area (Å²) in [5.41, 5.74) is 6.51. The van der Waals surface area contributed by atoms with E-state index in [0.29, 0.717) is 18.4 Å². The molecule has 2 N–H and O–H groups in total. The summed E-state index contributed by atoms with van der Waals surface area (Å²) < 4.78 is 35.5. The van der Waals surface area contributed by atoms with Crippen molar-refractivity contribution in [1.82, 2.24) is 0 Å². The number of esters is 1. The van der Waals surface area contributed by atoms with E-state index in [1.165, 1.54) is 12.1 Å². The highest BCUT2D eigenvalue weighted by molar-refractivity contribution is 5.76. The predicted octanol–water partition coefficient (Wildman–Crippen LogP) is 4.68. The third-order valence-corrected chi connectivity index (χ3v) is 5.10. The molecule has 38 heavy (non-hydrogen) atoms. The van der Waals surface area contributed by atoms with Crippen LogP contribution in [0.1, 0.15) is 65.9 Å². The van der Waals surface area contributed by atoms with Gasteiger partial charge in [-0.15, -0.1) is 0 Å². The van der Waals surface area contributed by atoms with Crippen LogP contribution in [-0.4, -0.2) is 62.5 Å². The monoisotopic (exact) mass is 541 g/mol. The Morgan fingerprint density at radius 1 is 0.763 bits per heavy atom. The van der Waals surface area contributed by atoms with Gasteiger partial charge in [-0.25, -0.2) is 14.4 Å². The molecule has 12 nitrogen and oxygen atoms in total. The van der Waals surface area contributed by atoms with Gasteiger partial charge in [-0.2, -0.15) is 0 Å². The van der Waals surface area contributed by atoms with Gasteiger partial charge in [0.25, 0.3) is 0 Å². The molecular formula is C26H39NO11. The van der Waals surface area contributed by atoms with Crippen molar-refractivity contribution in [3.63, 3.8) is 0 Å². The van der Waals surface area contributed by atoms with E-state index in [-0.39, 0.29) is 37.7 Å². The largest absolute Gasteiger partial charge is 0.513 e. The second-order valence-corrected chi connectivity index (χ2v) is 8.35. The molecule has 0 spiro atoms. The Kier molecular flexibility index (Phi) is 15.2. The van der Waals surface area contributed by atoms with Crippen molar-refractivity contribution in [1.29, 1.82) is 0 Å². The molecule has 0 aliphatic heterocycles. The molecule has 1 aromatic rings. The van der Waals surface area contributed by atoms with Gasteiger partial charge in [-0.05, 0) is 57.7 Å². The highest BCUT2D eigenvalue weighted by atomic mass is 16.7. The van der Waals surface area contributed by atoms with E-state index in [9.17, 15) is 19.2 Å². The number of carbonyl (C=O) groups is 4. The van der Waals surface area contributed by atoms with Crippen LogP contribution in [0.15, 0.2) is 18.2 Å². The summed E-state index contributed by atoms with van der Waals surface area (Å²) in [4.78, 5) is 48.1. The topological polar surface area (TPSA) is 159 Å². The number of nitrogens with two attached hydrogens (primary N) is 1. The quantitative estimate of drug-likeness (QED) is 0.142. The van der Waals surface area contributed by atoms with E-state index in [0.717, 1.165) is 12.8 Å². The van der Waals surface area contributed by atoms with Crippen LogP contribution in [-0.2, 0) is 34.9 Å². The van der Waals surface area contributed by atoms with E-state index in [4.69, 9.17) is 38.9 Å². The molecule has 1 aromatic carbocycles. The summed E-state index contributed by atoms with van der Waals surface area (Å²) in [6.45, 7) is 9.12. The highest BCUT2D eigenvalue weighted by Crippen LogP contribution is 2.30. The summed E-state index contributed by atoms with van der Waals surface area (Å²) >= 11 is 0. The van der Waals surface area contributed by atoms with Gasteiger partial charge in [0.05, 0.1) is 19.8 Å². The van der Waals surface area contributed by atoms with E-state index in [1.54, 1.807) is 26.8 Å². The summed E-state index contributed by atoms with van der Waals surface area (Å²) in [7, 11) is 0.